The Kier molecular flexibility index (Phi) is 8.84. The lowest BCUT2D eigenvalue weighted by Crippen LogP contribution is -2.67. The number of amides is 1. The van der Waals surface area contributed by atoms with E-state index in [1.165, 1.54) is 0 Å². The van der Waals surface area contributed by atoms with Crippen molar-refractivity contribution in [2.45, 2.75) is 102 Å². The molecule has 40 heavy (non-hydrogen) atoms. The molecule has 4 rings (SSSR count). The molecule has 4 fully saturated rings. The summed E-state index contributed by atoms with van der Waals surface area (Å²) in [5, 5.41) is 56.4. The van der Waals surface area contributed by atoms with Gasteiger partial charge in [0, 0.05) is 24.7 Å². The minimum atomic E-state index is -4.72. The van der Waals surface area contributed by atoms with Crippen LogP contribution in [0.15, 0.2) is 0 Å². The SMILES string of the molecule is CC(CCC(=O)NC(CO)COS(=O)(=O)O)C1C(O)C(O)C2C3CC(=O)C4(O)CC(O)CCC4(C)C3CCC12C. The van der Waals surface area contributed by atoms with Crippen molar-refractivity contribution in [3.8, 4) is 0 Å². The van der Waals surface area contributed by atoms with Gasteiger partial charge in [-0.05, 0) is 67.1 Å². The molecular formula is C27H45NO11S. The van der Waals surface area contributed by atoms with Crippen LogP contribution in [0.3, 0.4) is 0 Å². The molecule has 0 aliphatic heterocycles. The fourth-order valence-electron chi connectivity index (χ4n) is 9.28. The molecule has 1 amide bonds. The van der Waals surface area contributed by atoms with Crippen LogP contribution in [0.1, 0.15) is 72.1 Å². The highest BCUT2D eigenvalue weighted by atomic mass is 32.3. The fourth-order valence-corrected chi connectivity index (χ4v) is 9.62. The molecule has 0 heterocycles. The summed E-state index contributed by atoms with van der Waals surface area (Å²) in [5.41, 5.74) is -2.82. The van der Waals surface area contributed by atoms with Gasteiger partial charge >= 0.3 is 10.4 Å². The van der Waals surface area contributed by atoms with E-state index in [4.69, 9.17) is 4.55 Å². The van der Waals surface area contributed by atoms with Crippen LogP contribution >= 0.6 is 0 Å². The Bertz CT molecular complexity index is 1090. The van der Waals surface area contributed by atoms with Crippen LogP contribution in [0.4, 0.5) is 0 Å². The van der Waals surface area contributed by atoms with Crippen LogP contribution in [0.2, 0.25) is 0 Å². The molecule has 4 saturated carbocycles. The third-order valence-electron chi connectivity index (χ3n) is 11.2. The minimum Gasteiger partial charge on any atom is -0.394 e. The number of aliphatic hydroxyl groups is 5. The molecule has 230 valence electrons. The normalized spacial score (nSPS) is 44.7. The molecule has 0 radical (unpaired) electrons. The van der Waals surface area contributed by atoms with Crippen molar-refractivity contribution in [1.82, 2.24) is 5.32 Å². The number of carbonyl (C=O) groups excluding carboxylic acids is 2. The molecule has 12 nitrogen and oxygen atoms in total. The van der Waals surface area contributed by atoms with Crippen LogP contribution in [-0.4, -0.2) is 93.4 Å². The van der Waals surface area contributed by atoms with Crippen LogP contribution in [0.25, 0.3) is 0 Å². The molecule has 0 saturated heterocycles. The first-order valence-electron chi connectivity index (χ1n) is 14.3. The van der Waals surface area contributed by atoms with Gasteiger partial charge in [0.15, 0.2) is 5.78 Å². The van der Waals surface area contributed by atoms with Crippen molar-refractivity contribution in [1.29, 1.82) is 0 Å². The number of carbonyl (C=O) groups is 2. The molecule has 4 aliphatic rings. The number of hydrogen-bond acceptors (Lipinski definition) is 10. The summed E-state index contributed by atoms with van der Waals surface area (Å²) >= 11 is 0. The number of aliphatic hydroxyl groups excluding tert-OH is 4. The Morgan fingerprint density at radius 1 is 1.15 bits per heavy atom. The fraction of sp³-hybridized carbons (Fsp3) is 0.926. The van der Waals surface area contributed by atoms with E-state index < -0.39 is 70.3 Å². The molecule has 0 aromatic carbocycles. The first kappa shape index (κ1) is 31.7. The second kappa shape index (κ2) is 11.1. The predicted molar refractivity (Wildman–Crippen MR) is 141 cm³/mol. The second-order valence-electron chi connectivity index (χ2n) is 13.3. The summed E-state index contributed by atoms with van der Waals surface area (Å²) in [5.74, 6) is -1.93. The Morgan fingerprint density at radius 3 is 2.45 bits per heavy atom. The number of nitrogens with one attached hydrogen (secondary N) is 1. The van der Waals surface area contributed by atoms with Crippen molar-refractivity contribution in [3.63, 3.8) is 0 Å². The largest absolute Gasteiger partial charge is 0.397 e. The monoisotopic (exact) mass is 591 g/mol. The van der Waals surface area contributed by atoms with Gasteiger partial charge in [-0.2, -0.15) is 8.42 Å². The zero-order valence-corrected chi connectivity index (χ0v) is 24.2. The number of Topliss-reactive ketones (excluding diaryl/α,β-unsaturated/α-hetero) is 1. The van der Waals surface area contributed by atoms with E-state index in [1.54, 1.807) is 0 Å². The van der Waals surface area contributed by atoms with Gasteiger partial charge in [0.1, 0.15) is 5.60 Å². The highest BCUT2D eigenvalue weighted by Crippen LogP contribution is 2.68. The Hall–Kier alpha value is -1.19. The standard InChI is InChI=1S/C27H45NO11S/c1-14(4-5-20(32)28-15(12-29)13-39-40(36,37)38)21-23(33)24(34)22-17-10-19(31)27(35)11-16(30)6-9-26(27,3)18(17)7-8-25(21,22)2/h14-18,21-24,29-30,33-35H,4-13H2,1-3H3,(H,28,32)(H,36,37,38). The van der Waals surface area contributed by atoms with E-state index in [9.17, 15) is 43.5 Å². The van der Waals surface area contributed by atoms with E-state index in [0.29, 0.717) is 25.7 Å². The molecule has 0 aromatic rings. The van der Waals surface area contributed by atoms with Crippen molar-refractivity contribution >= 4 is 22.1 Å². The van der Waals surface area contributed by atoms with E-state index in [0.717, 1.165) is 6.42 Å². The number of fused-ring (bicyclic) bond motifs is 5. The molecule has 13 heteroatoms. The number of ketones is 1. The smallest absolute Gasteiger partial charge is 0.394 e. The molecule has 7 N–H and O–H groups in total. The van der Waals surface area contributed by atoms with Gasteiger partial charge in [-0.1, -0.05) is 20.8 Å². The van der Waals surface area contributed by atoms with Gasteiger partial charge in [-0.15, -0.1) is 0 Å². The molecule has 12 atom stereocenters. The van der Waals surface area contributed by atoms with E-state index in [1.807, 2.05) is 20.8 Å². The van der Waals surface area contributed by atoms with Gasteiger partial charge in [-0.25, -0.2) is 4.18 Å². The third-order valence-corrected chi connectivity index (χ3v) is 11.6. The lowest BCUT2D eigenvalue weighted by atomic mass is 9.42. The summed E-state index contributed by atoms with van der Waals surface area (Å²) in [6, 6.07) is -1.04. The summed E-state index contributed by atoms with van der Waals surface area (Å²) in [4.78, 5) is 26.0. The zero-order valence-electron chi connectivity index (χ0n) is 23.4. The Labute approximate surface area is 235 Å². The average molecular weight is 592 g/mol. The predicted octanol–water partition coefficient (Wildman–Crippen LogP) is -0.0455. The van der Waals surface area contributed by atoms with E-state index in [2.05, 4.69) is 9.50 Å². The maximum Gasteiger partial charge on any atom is 0.397 e. The Balaban J connectivity index is 1.47. The summed E-state index contributed by atoms with van der Waals surface area (Å²) in [7, 11) is -4.72. The van der Waals surface area contributed by atoms with Gasteiger partial charge in [-0.3, -0.25) is 14.1 Å². The summed E-state index contributed by atoms with van der Waals surface area (Å²) in [6.45, 7) is 4.67. The van der Waals surface area contributed by atoms with Gasteiger partial charge in [0.05, 0.1) is 37.6 Å². The minimum absolute atomic E-state index is 0.0154. The zero-order chi connectivity index (χ0) is 29.8. The highest BCUT2D eigenvalue weighted by Gasteiger charge is 2.70. The van der Waals surface area contributed by atoms with Crippen LogP contribution in [-0.2, 0) is 24.2 Å². The van der Waals surface area contributed by atoms with Crippen LogP contribution in [0.5, 0.6) is 0 Å². The van der Waals surface area contributed by atoms with E-state index in [-0.39, 0.29) is 54.6 Å². The van der Waals surface area contributed by atoms with Crippen LogP contribution in [0, 0.1) is 40.4 Å². The van der Waals surface area contributed by atoms with E-state index >= 15 is 0 Å². The van der Waals surface area contributed by atoms with Gasteiger partial charge in [0.2, 0.25) is 5.91 Å². The molecule has 12 unspecified atom stereocenters. The lowest BCUT2D eigenvalue weighted by Gasteiger charge is -2.63. The molecule has 0 bridgehead atoms. The molecular weight excluding hydrogens is 546 g/mol. The second-order valence-corrected chi connectivity index (χ2v) is 14.4. The van der Waals surface area contributed by atoms with Crippen LogP contribution < -0.4 is 5.32 Å². The lowest BCUT2D eigenvalue weighted by molar-refractivity contribution is -0.217. The first-order chi connectivity index (χ1) is 18.5. The molecule has 4 aliphatic carbocycles. The maximum atomic E-state index is 13.4. The van der Waals surface area contributed by atoms with Gasteiger partial charge in [0.25, 0.3) is 0 Å². The molecule has 0 spiro atoms. The van der Waals surface area contributed by atoms with Crippen molar-refractivity contribution in [3.05, 3.63) is 0 Å². The number of rotatable bonds is 9. The summed E-state index contributed by atoms with van der Waals surface area (Å²) < 4.78 is 34.5. The molecule has 0 aromatic heterocycles. The first-order valence-corrected chi connectivity index (χ1v) is 15.7. The van der Waals surface area contributed by atoms with Crippen molar-refractivity contribution < 1.29 is 52.3 Å². The average Bonchev–Trinajstić information content (AvgIpc) is 3.06. The maximum absolute atomic E-state index is 13.4. The topological polar surface area (TPSA) is 211 Å². The number of hydrogen-bond donors (Lipinski definition) is 7. The summed E-state index contributed by atoms with van der Waals surface area (Å²) in [6.07, 6.45) is 0.0440. The third kappa shape index (κ3) is 5.36. The highest BCUT2D eigenvalue weighted by molar-refractivity contribution is 7.80. The van der Waals surface area contributed by atoms with Crippen molar-refractivity contribution in [2.24, 2.45) is 40.4 Å². The van der Waals surface area contributed by atoms with Crippen molar-refractivity contribution in [2.75, 3.05) is 13.2 Å². The Morgan fingerprint density at radius 2 is 1.82 bits per heavy atom. The van der Waals surface area contributed by atoms with Gasteiger partial charge < -0.3 is 30.8 Å². The quantitative estimate of drug-likeness (QED) is 0.177.